The van der Waals surface area contributed by atoms with E-state index in [0.29, 0.717) is 5.75 Å². The lowest BCUT2D eigenvalue weighted by Crippen LogP contribution is -2.26. The molecule has 0 bridgehead atoms. The quantitative estimate of drug-likeness (QED) is 0.565. The van der Waals surface area contributed by atoms with Crippen LogP contribution in [0.5, 0.6) is 5.75 Å². The second-order valence-corrected chi connectivity index (χ2v) is 3.06. The largest absolute Gasteiger partial charge is 0.467 e. The molecule has 0 heterocycles. The Hall–Kier alpha value is -1.35. The van der Waals surface area contributed by atoms with Crippen molar-refractivity contribution in [1.29, 1.82) is 0 Å². The van der Waals surface area contributed by atoms with Crippen molar-refractivity contribution in [1.82, 2.24) is 0 Å². The molecular weight excluding hydrogens is 204 g/mol. The van der Waals surface area contributed by atoms with Gasteiger partial charge in [0.15, 0.2) is 0 Å². The van der Waals surface area contributed by atoms with Crippen molar-refractivity contribution in [3.8, 4) is 5.75 Å². The van der Waals surface area contributed by atoms with E-state index in [-0.39, 0.29) is 0 Å². The molecule has 1 atom stereocenters. The van der Waals surface area contributed by atoms with Crippen LogP contribution in [-0.4, -0.2) is 17.1 Å². The molecule has 0 aliphatic carbocycles. The van der Waals surface area contributed by atoms with Crippen LogP contribution in [0.25, 0.3) is 0 Å². The second-order valence-electron chi connectivity index (χ2n) is 2.67. The maximum Gasteiger partial charge on any atom is 0.253 e. The zero-order valence-electron chi connectivity index (χ0n) is 7.57. The minimum Gasteiger partial charge on any atom is -0.467 e. The van der Waals surface area contributed by atoms with Gasteiger partial charge in [0.2, 0.25) is 11.3 Å². The van der Waals surface area contributed by atoms with Crippen molar-refractivity contribution in [2.75, 3.05) is 0 Å². The monoisotopic (exact) mass is 212 g/mol. The van der Waals surface area contributed by atoms with Crippen LogP contribution < -0.4 is 4.74 Å². The molecule has 0 aliphatic rings. The van der Waals surface area contributed by atoms with E-state index < -0.39 is 17.1 Å². The maximum atomic E-state index is 11.0. The van der Waals surface area contributed by atoms with Crippen molar-refractivity contribution in [2.45, 2.75) is 12.5 Å². The molecule has 0 saturated carbocycles. The molecule has 3 nitrogen and oxygen atoms in total. The molecule has 74 valence electrons. The molecule has 0 spiro atoms. The predicted octanol–water partition coefficient (Wildman–Crippen LogP) is 1.79. The molecule has 14 heavy (non-hydrogen) atoms. The van der Waals surface area contributed by atoms with Crippen LogP contribution in [0.2, 0.25) is 0 Å². The van der Waals surface area contributed by atoms with Gasteiger partial charge in [-0.05, 0) is 12.1 Å². The number of Topliss-reactive ketones (excluding diaryl/α,β-unsaturated/α-hetero) is 2. The number of para-hydroxylation sites is 1. The van der Waals surface area contributed by atoms with E-state index in [9.17, 15) is 9.59 Å². The molecule has 0 N–H and O–H groups in total. The number of benzene rings is 1. The summed E-state index contributed by atoms with van der Waals surface area (Å²) < 4.78 is 5.03. The first-order valence-corrected chi connectivity index (χ1v) is 4.45. The number of rotatable bonds is 4. The van der Waals surface area contributed by atoms with Crippen LogP contribution in [0.4, 0.5) is 0 Å². The van der Waals surface area contributed by atoms with Crippen LogP contribution in [0.3, 0.4) is 0 Å². The molecule has 1 unspecified atom stereocenters. The van der Waals surface area contributed by atoms with Crippen molar-refractivity contribution >= 4 is 23.2 Å². The van der Waals surface area contributed by atoms with Gasteiger partial charge in [0.05, 0.1) is 0 Å². The predicted molar refractivity (Wildman–Crippen MR) is 52.4 cm³/mol. The minimum absolute atomic E-state index is 0.460. The Morgan fingerprint density at radius 3 is 2.36 bits per heavy atom. The molecule has 0 aliphatic heterocycles. The summed E-state index contributed by atoms with van der Waals surface area (Å²) in [6.45, 7) is 1.16. The van der Waals surface area contributed by atoms with E-state index >= 15 is 0 Å². The highest BCUT2D eigenvalue weighted by molar-refractivity contribution is 6.48. The Morgan fingerprint density at radius 1 is 1.29 bits per heavy atom. The van der Waals surface area contributed by atoms with Crippen LogP contribution in [-0.2, 0) is 9.59 Å². The molecule has 0 aromatic heterocycles. The smallest absolute Gasteiger partial charge is 0.253 e. The van der Waals surface area contributed by atoms with Crippen LogP contribution in [0.1, 0.15) is 6.92 Å². The van der Waals surface area contributed by atoms with E-state index in [1.807, 2.05) is 6.07 Å². The molecule has 1 aromatic rings. The molecule has 0 radical (unpaired) electrons. The molecule has 1 aromatic carbocycles. The normalized spacial score (nSPS) is 11.9. The average Bonchev–Trinajstić information content (AvgIpc) is 2.18. The van der Waals surface area contributed by atoms with E-state index in [0.717, 1.165) is 6.92 Å². The summed E-state index contributed by atoms with van der Waals surface area (Å²) in [5, 5.41) is 0. The summed E-state index contributed by atoms with van der Waals surface area (Å²) in [7, 11) is 0. The highest BCUT2D eigenvalue weighted by atomic mass is 35.5. The van der Waals surface area contributed by atoms with Crippen molar-refractivity contribution in [2.24, 2.45) is 0 Å². The molecule has 0 saturated heterocycles. The van der Waals surface area contributed by atoms with Crippen LogP contribution in [0, 0.1) is 0 Å². The highest BCUT2D eigenvalue weighted by Crippen LogP contribution is 2.13. The summed E-state index contributed by atoms with van der Waals surface area (Å²) in [4.78, 5) is 21.7. The molecule has 0 amide bonds. The van der Waals surface area contributed by atoms with Gasteiger partial charge in [-0.25, -0.2) is 0 Å². The standard InChI is InChI=1S/C10H9ClO3/c1-7(12)9(13)10(11)14-8-5-3-2-4-6-8/h2-6,10H,1H3. The lowest BCUT2D eigenvalue weighted by Gasteiger charge is -2.09. The SMILES string of the molecule is CC(=O)C(=O)C(Cl)Oc1ccccc1. The van der Waals surface area contributed by atoms with Gasteiger partial charge in [-0.15, -0.1) is 0 Å². The van der Waals surface area contributed by atoms with E-state index in [1.165, 1.54) is 0 Å². The zero-order chi connectivity index (χ0) is 10.6. The number of hydrogen-bond acceptors (Lipinski definition) is 3. The summed E-state index contributed by atoms with van der Waals surface area (Å²) in [5.74, 6) is -0.890. The first-order valence-electron chi connectivity index (χ1n) is 4.02. The van der Waals surface area contributed by atoms with Crippen LogP contribution >= 0.6 is 11.6 Å². The van der Waals surface area contributed by atoms with Gasteiger partial charge in [-0.3, -0.25) is 9.59 Å². The highest BCUT2D eigenvalue weighted by Gasteiger charge is 2.20. The molecule has 1 rings (SSSR count). The van der Waals surface area contributed by atoms with Gasteiger partial charge in [-0.2, -0.15) is 0 Å². The Labute approximate surface area is 86.6 Å². The Bertz CT molecular complexity index is 334. The number of halogens is 1. The van der Waals surface area contributed by atoms with Gasteiger partial charge in [0.25, 0.3) is 5.78 Å². The van der Waals surface area contributed by atoms with Gasteiger partial charge in [0.1, 0.15) is 5.75 Å². The van der Waals surface area contributed by atoms with Gasteiger partial charge < -0.3 is 4.74 Å². The van der Waals surface area contributed by atoms with E-state index in [1.54, 1.807) is 24.3 Å². The third-order valence-corrected chi connectivity index (χ3v) is 1.82. The molecule has 4 heteroatoms. The number of alkyl halides is 1. The Balaban J connectivity index is 2.62. The van der Waals surface area contributed by atoms with Crippen molar-refractivity contribution in [3.63, 3.8) is 0 Å². The lowest BCUT2D eigenvalue weighted by atomic mass is 10.3. The third-order valence-electron chi connectivity index (χ3n) is 1.54. The summed E-state index contributed by atoms with van der Waals surface area (Å²) >= 11 is 5.57. The average molecular weight is 213 g/mol. The van der Waals surface area contributed by atoms with Gasteiger partial charge >= 0.3 is 0 Å². The fourth-order valence-corrected chi connectivity index (χ4v) is 1.09. The third kappa shape index (κ3) is 2.85. The topological polar surface area (TPSA) is 43.4 Å². The Morgan fingerprint density at radius 2 is 1.86 bits per heavy atom. The second kappa shape index (κ2) is 4.77. The zero-order valence-corrected chi connectivity index (χ0v) is 8.32. The van der Waals surface area contributed by atoms with E-state index in [2.05, 4.69) is 0 Å². The number of carbonyl (C=O) groups excluding carboxylic acids is 2. The van der Waals surface area contributed by atoms with Crippen molar-refractivity contribution < 1.29 is 14.3 Å². The Kier molecular flexibility index (Phi) is 3.65. The summed E-state index contributed by atoms with van der Waals surface area (Å²) in [6, 6.07) is 8.61. The maximum absolute atomic E-state index is 11.0. The number of ether oxygens (including phenoxy) is 1. The van der Waals surface area contributed by atoms with Crippen molar-refractivity contribution in [3.05, 3.63) is 30.3 Å². The number of ketones is 2. The van der Waals surface area contributed by atoms with Gasteiger partial charge in [-0.1, -0.05) is 29.8 Å². The van der Waals surface area contributed by atoms with E-state index in [4.69, 9.17) is 16.3 Å². The van der Waals surface area contributed by atoms with Crippen LogP contribution in [0.15, 0.2) is 30.3 Å². The summed E-state index contributed by atoms with van der Waals surface area (Å²) in [5.41, 5.74) is -1.24. The first-order chi connectivity index (χ1) is 6.61. The van der Waals surface area contributed by atoms with Gasteiger partial charge in [0, 0.05) is 6.92 Å². The molecule has 0 fully saturated rings. The minimum atomic E-state index is -1.24. The number of carbonyl (C=O) groups is 2. The summed E-state index contributed by atoms with van der Waals surface area (Å²) in [6.07, 6.45) is 0. The fourth-order valence-electron chi connectivity index (χ4n) is 0.832. The number of hydrogen-bond donors (Lipinski definition) is 0. The first kappa shape index (κ1) is 10.7. The lowest BCUT2D eigenvalue weighted by molar-refractivity contribution is -0.137. The molecular formula is C10H9ClO3. The fraction of sp³-hybridized carbons (Fsp3) is 0.200.